The van der Waals surface area contributed by atoms with Gasteiger partial charge in [0.2, 0.25) is 0 Å². The maximum atomic E-state index is 10.9. The van der Waals surface area contributed by atoms with E-state index in [9.17, 15) is 9.59 Å². The molecule has 0 saturated carbocycles. The van der Waals surface area contributed by atoms with Crippen LogP contribution in [0, 0.1) is 0 Å². The number of aromatic nitrogens is 2. The Kier molecular flexibility index (Phi) is 1.94. The fourth-order valence-corrected chi connectivity index (χ4v) is 1.41. The van der Waals surface area contributed by atoms with Crippen molar-refractivity contribution in [2.45, 2.75) is 13.0 Å². The molecular formula is C8H8N2O3. The van der Waals surface area contributed by atoms with Gasteiger partial charge >= 0.3 is 5.69 Å². The van der Waals surface area contributed by atoms with Crippen LogP contribution in [0.1, 0.15) is 21.7 Å². The molecule has 1 aliphatic heterocycles. The van der Waals surface area contributed by atoms with Crippen molar-refractivity contribution in [3.05, 3.63) is 27.4 Å². The van der Waals surface area contributed by atoms with E-state index in [2.05, 4.69) is 9.97 Å². The van der Waals surface area contributed by atoms with Crippen molar-refractivity contribution in [1.82, 2.24) is 9.97 Å². The maximum Gasteiger partial charge on any atom is 0.345 e. The minimum atomic E-state index is -0.494. The number of aldehydes is 1. The summed E-state index contributed by atoms with van der Waals surface area (Å²) in [6.07, 6.45) is 1.24. The highest BCUT2D eigenvalue weighted by atomic mass is 16.5. The average Bonchev–Trinajstić information content (AvgIpc) is 2.16. The fraction of sp³-hybridized carbons (Fsp3) is 0.375. The zero-order valence-electron chi connectivity index (χ0n) is 6.87. The molecule has 0 atom stereocenters. The number of hydrogen-bond donors (Lipinski definition) is 1. The molecule has 2 rings (SSSR count). The first-order valence-electron chi connectivity index (χ1n) is 3.96. The Morgan fingerprint density at radius 3 is 3.15 bits per heavy atom. The summed E-state index contributed by atoms with van der Waals surface area (Å²) in [7, 11) is 0. The van der Waals surface area contributed by atoms with Crippen LogP contribution in [-0.4, -0.2) is 22.9 Å². The Morgan fingerprint density at radius 1 is 1.54 bits per heavy atom. The molecule has 0 radical (unpaired) electrons. The van der Waals surface area contributed by atoms with Crippen LogP contribution < -0.4 is 5.69 Å². The predicted octanol–water partition coefficient (Wildman–Crippen LogP) is -0.345. The summed E-state index contributed by atoms with van der Waals surface area (Å²) >= 11 is 0. The van der Waals surface area contributed by atoms with E-state index >= 15 is 0 Å². The molecule has 0 bridgehead atoms. The Hall–Kier alpha value is -1.49. The summed E-state index contributed by atoms with van der Waals surface area (Å²) in [5, 5.41) is 0. The average molecular weight is 180 g/mol. The molecule has 1 aromatic heterocycles. The van der Waals surface area contributed by atoms with Crippen LogP contribution >= 0.6 is 0 Å². The molecule has 0 aromatic carbocycles. The van der Waals surface area contributed by atoms with Crippen molar-refractivity contribution in [3.63, 3.8) is 0 Å². The van der Waals surface area contributed by atoms with E-state index < -0.39 is 5.69 Å². The van der Waals surface area contributed by atoms with Crippen LogP contribution in [0.25, 0.3) is 0 Å². The quantitative estimate of drug-likeness (QED) is 0.600. The van der Waals surface area contributed by atoms with E-state index in [0.717, 1.165) is 5.56 Å². The highest BCUT2D eigenvalue weighted by Crippen LogP contribution is 2.14. The maximum absolute atomic E-state index is 10.9. The van der Waals surface area contributed by atoms with Gasteiger partial charge in [-0.1, -0.05) is 0 Å². The topological polar surface area (TPSA) is 72.0 Å². The van der Waals surface area contributed by atoms with Gasteiger partial charge in [-0.15, -0.1) is 0 Å². The monoisotopic (exact) mass is 180 g/mol. The van der Waals surface area contributed by atoms with Gasteiger partial charge in [-0.05, 0) is 6.42 Å². The van der Waals surface area contributed by atoms with Gasteiger partial charge < -0.3 is 9.72 Å². The number of carbonyl (C=O) groups is 1. The van der Waals surface area contributed by atoms with Gasteiger partial charge in [0.15, 0.2) is 6.29 Å². The van der Waals surface area contributed by atoms with Crippen LogP contribution in [0.2, 0.25) is 0 Å². The molecule has 2 heterocycles. The summed E-state index contributed by atoms with van der Waals surface area (Å²) in [6, 6.07) is 0. The van der Waals surface area contributed by atoms with Crippen molar-refractivity contribution in [3.8, 4) is 0 Å². The van der Waals surface area contributed by atoms with E-state index in [1.54, 1.807) is 0 Å². The molecule has 1 N–H and O–H groups in total. The van der Waals surface area contributed by atoms with Crippen LogP contribution in [-0.2, 0) is 17.8 Å². The number of H-pyrrole nitrogens is 1. The van der Waals surface area contributed by atoms with Crippen molar-refractivity contribution >= 4 is 6.29 Å². The molecule has 0 fully saturated rings. The smallest absolute Gasteiger partial charge is 0.345 e. The summed E-state index contributed by atoms with van der Waals surface area (Å²) in [6.45, 7) is 0.926. The summed E-state index contributed by atoms with van der Waals surface area (Å²) in [5.74, 6) is 0. The lowest BCUT2D eigenvalue weighted by atomic mass is 10.1. The number of hydrogen-bond acceptors (Lipinski definition) is 4. The van der Waals surface area contributed by atoms with Crippen molar-refractivity contribution in [2.75, 3.05) is 6.61 Å². The molecule has 0 spiro atoms. The third kappa shape index (κ3) is 1.38. The minimum Gasteiger partial charge on any atom is -0.375 e. The molecule has 5 heteroatoms. The highest BCUT2D eigenvalue weighted by molar-refractivity contribution is 5.74. The van der Waals surface area contributed by atoms with Gasteiger partial charge in [0, 0.05) is 5.56 Å². The molecule has 5 nitrogen and oxygen atoms in total. The second-order valence-corrected chi connectivity index (χ2v) is 2.80. The molecule has 1 aromatic rings. The Balaban J connectivity index is 2.63. The largest absolute Gasteiger partial charge is 0.375 e. The van der Waals surface area contributed by atoms with Gasteiger partial charge in [-0.3, -0.25) is 4.79 Å². The summed E-state index contributed by atoms with van der Waals surface area (Å²) in [4.78, 5) is 27.6. The number of carbonyl (C=O) groups excluding carboxylic acids is 1. The molecule has 0 saturated heterocycles. The molecule has 0 amide bonds. The van der Waals surface area contributed by atoms with E-state index in [4.69, 9.17) is 4.74 Å². The minimum absolute atomic E-state index is 0.238. The molecule has 68 valence electrons. The SMILES string of the molecule is O=Cc1nc(=O)[nH]c2c1CCOC2. The molecule has 1 aliphatic rings. The lowest BCUT2D eigenvalue weighted by Gasteiger charge is -2.15. The summed E-state index contributed by atoms with van der Waals surface area (Å²) in [5.41, 5.74) is 1.22. The molecule has 0 unspecified atom stereocenters. The van der Waals surface area contributed by atoms with Gasteiger partial charge in [0.05, 0.1) is 18.9 Å². The van der Waals surface area contributed by atoms with E-state index in [-0.39, 0.29) is 5.69 Å². The van der Waals surface area contributed by atoms with Gasteiger partial charge in [0.25, 0.3) is 0 Å². The van der Waals surface area contributed by atoms with E-state index in [1.165, 1.54) is 0 Å². The van der Waals surface area contributed by atoms with Crippen LogP contribution in [0.5, 0.6) is 0 Å². The first kappa shape index (κ1) is 8.12. The number of ether oxygens (including phenoxy) is 1. The fourth-order valence-electron chi connectivity index (χ4n) is 1.41. The normalized spacial score (nSPS) is 15.1. The summed E-state index contributed by atoms with van der Waals surface area (Å²) < 4.78 is 5.14. The van der Waals surface area contributed by atoms with Crippen molar-refractivity contribution in [1.29, 1.82) is 0 Å². The number of nitrogens with zero attached hydrogens (tertiary/aromatic N) is 1. The molecule has 0 aliphatic carbocycles. The first-order valence-corrected chi connectivity index (χ1v) is 3.96. The third-order valence-corrected chi connectivity index (χ3v) is 2.01. The second-order valence-electron chi connectivity index (χ2n) is 2.80. The lowest BCUT2D eigenvalue weighted by Crippen LogP contribution is -2.23. The van der Waals surface area contributed by atoms with Crippen molar-refractivity contribution in [2.24, 2.45) is 0 Å². The predicted molar refractivity (Wildman–Crippen MR) is 43.6 cm³/mol. The van der Waals surface area contributed by atoms with Gasteiger partial charge in [-0.25, -0.2) is 4.79 Å². The Bertz CT molecular complexity index is 397. The van der Waals surface area contributed by atoms with E-state index in [1.807, 2.05) is 0 Å². The number of rotatable bonds is 1. The molecule has 13 heavy (non-hydrogen) atoms. The Labute approximate surface area is 73.8 Å². The van der Waals surface area contributed by atoms with Crippen LogP contribution in [0.3, 0.4) is 0 Å². The van der Waals surface area contributed by atoms with Crippen molar-refractivity contribution < 1.29 is 9.53 Å². The lowest BCUT2D eigenvalue weighted by molar-refractivity contribution is 0.104. The zero-order valence-corrected chi connectivity index (χ0v) is 6.87. The number of fused-ring (bicyclic) bond motifs is 1. The second kappa shape index (κ2) is 3.10. The van der Waals surface area contributed by atoms with Gasteiger partial charge in [-0.2, -0.15) is 4.98 Å². The van der Waals surface area contributed by atoms with Crippen LogP contribution in [0.4, 0.5) is 0 Å². The number of aromatic amines is 1. The van der Waals surface area contributed by atoms with E-state index in [0.29, 0.717) is 31.6 Å². The standard InChI is InChI=1S/C8H8N2O3/c11-3-6-5-1-2-13-4-7(5)10-8(12)9-6/h3H,1-2,4H2,(H,9,10,12). The number of nitrogens with one attached hydrogen (secondary N) is 1. The first-order chi connectivity index (χ1) is 6.31. The highest BCUT2D eigenvalue weighted by Gasteiger charge is 2.15. The van der Waals surface area contributed by atoms with Crippen LogP contribution in [0.15, 0.2) is 4.79 Å². The Morgan fingerprint density at radius 2 is 2.38 bits per heavy atom. The molecular weight excluding hydrogens is 172 g/mol. The van der Waals surface area contributed by atoms with Gasteiger partial charge in [0.1, 0.15) is 5.69 Å². The third-order valence-electron chi connectivity index (χ3n) is 2.01. The zero-order chi connectivity index (χ0) is 9.26.